The number of rotatable bonds is 10. The van der Waals surface area contributed by atoms with Crippen LogP contribution >= 0.6 is 15.9 Å². The van der Waals surface area contributed by atoms with Crippen molar-refractivity contribution in [2.24, 2.45) is 5.92 Å². The molecule has 1 radical (unpaired) electrons. The van der Waals surface area contributed by atoms with Crippen LogP contribution in [0.25, 0.3) is 5.57 Å². The quantitative estimate of drug-likeness (QED) is 0.266. The van der Waals surface area contributed by atoms with Gasteiger partial charge in [0.05, 0.1) is 6.10 Å². The average molecular weight is 519 g/mol. The first kappa shape index (κ1) is 24.1. The predicted octanol–water partition coefficient (Wildman–Crippen LogP) is 7.23. The van der Waals surface area contributed by atoms with Crippen molar-refractivity contribution in [3.63, 3.8) is 0 Å². The summed E-state index contributed by atoms with van der Waals surface area (Å²) in [4.78, 5) is 0. The molecule has 1 aromatic carbocycles. The standard InChI is InChI=1S/C24H30BrO2.Y/c1-2-3-4-10-23(26)18-11-13-20(14-12-18)24-19(15-16-22(24)25)7-5-8-21-9-6-17-27-21;/h6,9,11-14,19,23,26H,2-5,7-8,10,15-16H2,1H3;/q-1;/t19-,23?;/m0./s1. The first-order valence-corrected chi connectivity index (χ1v) is 11.1. The maximum atomic E-state index is 10.4. The van der Waals surface area contributed by atoms with E-state index in [0.29, 0.717) is 5.92 Å². The molecule has 0 saturated carbocycles. The van der Waals surface area contributed by atoms with Crippen LogP contribution in [0.15, 0.2) is 45.3 Å². The van der Waals surface area contributed by atoms with Gasteiger partial charge in [0, 0.05) is 32.7 Å². The number of unbranched alkanes of at least 4 members (excludes halogenated alkanes) is 2. The predicted molar refractivity (Wildman–Crippen MR) is 115 cm³/mol. The van der Waals surface area contributed by atoms with Crippen LogP contribution in [0.4, 0.5) is 0 Å². The van der Waals surface area contributed by atoms with Gasteiger partial charge in [-0.2, -0.15) is 6.07 Å². The molecule has 1 heterocycles. The number of halogens is 1. The second-order valence-electron chi connectivity index (χ2n) is 7.60. The zero-order chi connectivity index (χ0) is 19.1. The van der Waals surface area contributed by atoms with Crippen LogP contribution in [-0.2, 0) is 39.1 Å². The third-order valence-electron chi connectivity index (χ3n) is 5.60. The molecule has 1 aromatic heterocycles. The Labute approximate surface area is 203 Å². The monoisotopic (exact) mass is 518 g/mol. The molecule has 2 aromatic rings. The van der Waals surface area contributed by atoms with Crippen molar-refractivity contribution < 1.29 is 42.2 Å². The molecule has 0 spiro atoms. The first-order chi connectivity index (χ1) is 13.2. The van der Waals surface area contributed by atoms with Crippen LogP contribution in [-0.4, -0.2) is 5.11 Å². The van der Waals surface area contributed by atoms with E-state index in [1.807, 2.05) is 12.1 Å². The van der Waals surface area contributed by atoms with Gasteiger partial charge in [-0.25, -0.2) is 0 Å². The Morgan fingerprint density at radius 1 is 1.18 bits per heavy atom. The molecule has 0 amide bonds. The van der Waals surface area contributed by atoms with Gasteiger partial charge in [-0.15, -0.1) is 6.07 Å². The van der Waals surface area contributed by atoms with Crippen molar-refractivity contribution in [1.82, 2.24) is 0 Å². The molecule has 1 aliphatic rings. The summed E-state index contributed by atoms with van der Waals surface area (Å²) in [5, 5.41) is 10.4. The summed E-state index contributed by atoms with van der Waals surface area (Å²) in [6, 6.07) is 12.4. The average Bonchev–Trinajstić information content (AvgIpc) is 3.32. The van der Waals surface area contributed by atoms with Crippen LogP contribution < -0.4 is 0 Å². The molecule has 28 heavy (non-hydrogen) atoms. The summed E-state index contributed by atoms with van der Waals surface area (Å²) in [6.45, 7) is 2.19. The molecule has 0 saturated heterocycles. The molecule has 0 bridgehead atoms. The number of aliphatic hydroxyl groups is 1. The van der Waals surface area contributed by atoms with E-state index in [0.717, 1.165) is 43.4 Å². The van der Waals surface area contributed by atoms with Gasteiger partial charge in [0.2, 0.25) is 0 Å². The number of hydrogen-bond donors (Lipinski definition) is 1. The van der Waals surface area contributed by atoms with Gasteiger partial charge in [-0.1, -0.05) is 85.0 Å². The third kappa shape index (κ3) is 6.65. The molecule has 1 aliphatic carbocycles. The second-order valence-corrected chi connectivity index (χ2v) is 8.56. The van der Waals surface area contributed by atoms with Crippen molar-refractivity contribution in [2.75, 3.05) is 0 Å². The van der Waals surface area contributed by atoms with Gasteiger partial charge >= 0.3 is 0 Å². The Morgan fingerprint density at radius 2 is 1.96 bits per heavy atom. The Bertz CT molecular complexity index is 722. The van der Waals surface area contributed by atoms with Gasteiger partial charge in [0.15, 0.2) is 0 Å². The zero-order valence-corrected chi connectivity index (χ0v) is 21.2. The molecule has 4 heteroatoms. The summed E-state index contributed by atoms with van der Waals surface area (Å²) in [6.07, 6.45) is 12.4. The molecule has 2 nitrogen and oxygen atoms in total. The summed E-state index contributed by atoms with van der Waals surface area (Å²) in [7, 11) is 0. The van der Waals surface area contributed by atoms with E-state index in [1.165, 1.54) is 41.3 Å². The van der Waals surface area contributed by atoms with Crippen LogP contribution in [0.3, 0.4) is 0 Å². The van der Waals surface area contributed by atoms with Crippen LogP contribution in [0, 0.1) is 12.2 Å². The van der Waals surface area contributed by atoms with E-state index >= 15 is 0 Å². The topological polar surface area (TPSA) is 33.4 Å². The molecular formula is C24H30BrO2Y-. The van der Waals surface area contributed by atoms with Gasteiger partial charge in [-0.05, 0) is 59.0 Å². The Morgan fingerprint density at radius 3 is 2.64 bits per heavy atom. The number of furan rings is 1. The first-order valence-electron chi connectivity index (χ1n) is 10.3. The maximum Gasteiger partial charge on any atom is 0.0790 e. The van der Waals surface area contributed by atoms with Crippen molar-refractivity contribution in [3.8, 4) is 0 Å². The zero-order valence-electron chi connectivity index (χ0n) is 16.8. The fourth-order valence-corrected chi connectivity index (χ4v) is 4.83. The summed E-state index contributed by atoms with van der Waals surface area (Å²) < 4.78 is 6.67. The van der Waals surface area contributed by atoms with Gasteiger partial charge in [0.25, 0.3) is 0 Å². The van der Waals surface area contributed by atoms with Crippen molar-refractivity contribution in [3.05, 3.63) is 64.0 Å². The minimum atomic E-state index is -0.340. The van der Waals surface area contributed by atoms with E-state index in [2.05, 4.69) is 53.4 Å². The Balaban J connectivity index is 0.00000280. The van der Waals surface area contributed by atoms with Crippen molar-refractivity contribution in [1.29, 1.82) is 0 Å². The second kappa shape index (κ2) is 12.5. The molecule has 3 rings (SSSR count). The molecule has 0 aliphatic heterocycles. The molecule has 1 unspecified atom stereocenters. The fourth-order valence-electron chi connectivity index (χ4n) is 4.05. The van der Waals surface area contributed by atoms with Crippen LogP contribution in [0.2, 0.25) is 0 Å². The summed E-state index contributed by atoms with van der Waals surface area (Å²) in [5.74, 6) is 1.62. The van der Waals surface area contributed by atoms with Crippen molar-refractivity contribution in [2.45, 2.75) is 70.8 Å². The molecule has 149 valence electrons. The minimum Gasteiger partial charge on any atom is -0.596 e. The van der Waals surface area contributed by atoms with E-state index in [4.69, 9.17) is 4.42 Å². The fraction of sp³-hybridized carbons (Fsp3) is 0.500. The molecular weight excluding hydrogens is 489 g/mol. The van der Waals surface area contributed by atoms with E-state index in [9.17, 15) is 5.11 Å². The Kier molecular flexibility index (Phi) is 10.7. The molecule has 0 fully saturated rings. The van der Waals surface area contributed by atoms with Gasteiger partial charge < -0.3 is 9.52 Å². The maximum absolute atomic E-state index is 10.4. The van der Waals surface area contributed by atoms with E-state index in [1.54, 1.807) is 0 Å². The largest absolute Gasteiger partial charge is 0.596 e. The number of aryl methyl sites for hydroxylation is 1. The summed E-state index contributed by atoms with van der Waals surface area (Å²) in [5.41, 5.74) is 3.78. The molecule has 2 atom stereocenters. The van der Waals surface area contributed by atoms with Gasteiger partial charge in [-0.3, -0.25) is 0 Å². The number of aliphatic hydroxyl groups excluding tert-OH is 1. The smallest absolute Gasteiger partial charge is 0.0790 e. The number of allylic oxidation sites excluding steroid dienone is 2. The van der Waals surface area contributed by atoms with Gasteiger partial charge in [0.1, 0.15) is 0 Å². The van der Waals surface area contributed by atoms with Crippen LogP contribution in [0.1, 0.15) is 81.3 Å². The van der Waals surface area contributed by atoms with E-state index < -0.39 is 0 Å². The van der Waals surface area contributed by atoms with Crippen LogP contribution in [0.5, 0.6) is 0 Å². The molecule has 1 N–H and O–H groups in total. The number of benzene rings is 1. The SMILES string of the molecule is CCCCCC(O)c1ccc(C2=C(Br)CC[C@@H]2CCCc2cc[c-]o2)cc1.[Y]. The third-order valence-corrected chi connectivity index (χ3v) is 6.43. The summed E-state index contributed by atoms with van der Waals surface area (Å²) >= 11 is 3.81. The minimum absolute atomic E-state index is 0. The van der Waals surface area contributed by atoms with E-state index in [-0.39, 0.29) is 38.8 Å². The van der Waals surface area contributed by atoms with Crippen molar-refractivity contribution >= 4 is 21.5 Å². The Hall–Kier alpha value is -0.216. The normalized spacial score (nSPS) is 17.6. The number of hydrogen-bond acceptors (Lipinski definition) is 2.